The van der Waals surface area contributed by atoms with Crippen LogP contribution in [0.15, 0.2) is 52.5 Å². The Bertz CT molecular complexity index is 1060. The van der Waals surface area contributed by atoms with Crippen LogP contribution in [0, 0.1) is 5.82 Å². The van der Waals surface area contributed by atoms with Gasteiger partial charge in [-0.25, -0.2) is 9.18 Å². The SMILES string of the molecule is O=C(O)COc1ccc(C=C2C(=O)NC(=S)N(c3ccc(F)cc3)C2=O)cc1Br. The lowest BCUT2D eigenvalue weighted by Crippen LogP contribution is -2.54. The number of ether oxygens (including phenoxy) is 1. The monoisotopic (exact) mass is 478 g/mol. The summed E-state index contributed by atoms with van der Waals surface area (Å²) >= 11 is 8.34. The first kappa shape index (κ1) is 20.6. The summed E-state index contributed by atoms with van der Waals surface area (Å²) in [6.07, 6.45) is 1.36. The first-order valence-corrected chi connectivity index (χ1v) is 9.27. The van der Waals surface area contributed by atoms with Crippen LogP contribution in [0.1, 0.15) is 5.56 Å². The topological polar surface area (TPSA) is 95.9 Å². The molecule has 0 unspecified atom stereocenters. The van der Waals surface area contributed by atoms with Crippen LogP contribution in [-0.2, 0) is 14.4 Å². The van der Waals surface area contributed by atoms with Crippen LogP contribution in [0.4, 0.5) is 10.1 Å². The van der Waals surface area contributed by atoms with Crippen molar-refractivity contribution in [2.24, 2.45) is 0 Å². The fraction of sp³-hybridized carbons (Fsp3) is 0.0526. The summed E-state index contributed by atoms with van der Waals surface area (Å²) in [6.45, 7) is -0.510. The van der Waals surface area contributed by atoms with Crippen molar-refractivity contribution in [1.29, 1.82) is 0 Å². The summed E-state index contributed by atoms with van der Waals surface area (Å²) in [5, 5.41) is 11.0. The van der Waals surface area contributed by atoms with Gasteiger partial charge in [-0.2, -0.15) is 0 Å². The van der Waals surface area contributed by atoms with Crippen molar-refractivity contribution in [1.82, 2.24) is 5.32 Å². The molecule has 148 valence electrons. The van der Waals surface area contributed by atoms with Crippen LogP contribution in [0.2, 0.25) is 0 Å². The van der Waals surface area contributed by atoms with Gasteiger partial charge in [0.25, 0.3) is 11.8 Å². The van der Waals surface area contributed by atoms with E-state index >= 15 is 0 Å². The van der Waals surface area contributed by atoms with Gasteiger partial charge in [0.1, 0.15) is 17.1 Å². The summed E-state index contributed by atoms with van der Waals surface area (Å²) in [6, 6.07) is 9.74. The number of benzene rings is 2. The van der Waals surface area contributed by atoms with E-state index in [1.54, 1.807) is 12.1 Å². The number of hydrogen-bond acceptors (Lipinski definition) is 5. The van der Waals surface area contributed by atoms with Crippen molar-refractivity contribution in [2.75, 3.05) is 11.5 Å². The van der Waals surface area contributed by atoms with Gasteiger partial charge in [-0.15, -0.1) is 0 Å². The third kappa shape index (κ3) is 4.66. The maximum absolute atomic E-state index is 13.2. The van der Waals surface area contributed by atoms with Crippen LogP contribution in [-0.4, -0.2) is 34.6 Å². The number of nitrogens with one attached hydrogen (secondary N) is 1. The molecular weight excluding hydrogens is 467 g/mol. The lowest BCUT2D eigenvalue weighted by atomic mass is 10.1. The zero-order chi connectivity index (χ0) is 21.1. The Balaban J connectivity index is 1.91. The van der Waals surface area contributed by atoms with Crippen LogP contribution in [0.3, 0.4) is 0 Å². The fourth-order valence-electron chi connectivity index (χ4n) is 2.51. The fourth-order valence-corrected chi connectivity index (χ4v) is 3.30. The van der Waals surface area contributed by atoms with E-state index < -0.39 is 30.2 Å². The second kappa shape index (κ2) is 8.50. The molecule has 1 fully saturated rings. The number of thiocarbonyl (C=S) groups is 1. The minimum Gasteiger partial charge on any atom is -0.481 e. The van der Waals surface area contributed by atoms with E-state index in [0.717, 1.165) is 4.90 Å². The van der Waals surface area contributed by atoms with Crippen molar-refractivity contribution in [2.45, 2.75) is 0 Å². The Morgan fingerprint density at radius 2 is 1.93 bits per heavy atom. The molecule has 2 aromatic carbocycles. The molecule has 10 heteroatoms. The molecule has 7 nitrogen and oxygen atoms in total. The van der Waals surface area contributed by atoms with E-state index in [9.17, 15) is 18.8 Å². The van der Waals surface area contributed by atoms with E-state index in [1.807, 2.05) is 0 Å². The van der Waals surface area contributed by atoms with E-state index in [2.05, 4.69) is 21.2 Å². The molecule has 0 spiro atoms. The minimum absolute atomic E-state index is 0.109. The number of amides is 2. The van der Waals surface area contributed by atoms with E-state index in [0.29, 0.717) is 21.5 Å². The first-order valence-electron chi connectivity index (χ1n) is 8.07. The summed E-state index contributed by atoms with van der Waals surface area (Å²) in [5.74, 6) is -2.63. The predicted molar refractivity (Wildman–Crippen MR) is 110 cm³/mol. The Kier molecular flexibility index (Phi) is 6.04. The van der Waals surface area contributed by atoms with Crippen LogP contribution >= 0.6 is 28.1 Å². The van der Waals surface area contributed by atoms with E-state index in [4.69, 9.17) is 22.1 Å². The van der Waals surface area contributed by atoms with Crippen molar-refractivity contribution < 1.29 is 28.6 Å². The van der Waals surface area contributed by atoms with Crippen LogP contribution in [0.5, 0.6) is 5.75 Å². The van der Waals surface area contributed by atoms with Gasteiger partial charge >= 0.3 is 5.97 Å². The molecule has 0 aliphatic carbocycles. The lowest BCUT2D eigenvalue weighted by molar-refractivity contribution is -0.139. The maximum Gasteiger partial charge on any atom is 0.341 e. The number of nitrogens with zero attached hydrogens (tertiary/aromatic N) is 1. The highest BCUT2D eigenvalue weighted by Crippen LogP contribution is 2.28. The number of halogens is 2. The average Bonchev–Trinajstić information content (AvgIpc) is 2.65. The number of anilines is 1. The first-order chi connectivity index (χ1) is 13.8. The van der Waals surface area contributed by atoms with Gasteiger partial charge in [-0.05, 0) is 76.2 Å². The lowest BCUT2D eigenvalue weighted by Gasteiger charge is -2.28. The number of rotatable bonds is 5. The molecule has 1 saturated heterocycles. The molecule has 0 bridgehead atoms. The number of carbonyl (C=O) groups excluding carboxylic acids is 2. The van der Waals surface area contributed by atoms with Crippen molar-refractivity contribution >= 4 is 62.8 Å². The molecule has 1 heterocycles. The summed E-state index contributed by atoms with van der Waals surface area (Å²) in [7, 11) is 0. The van der Waals surface area contributed by atoms with Gasteiger partial charge in [0.2, 0.25) is 0 Å². The van der Waals surface area contributed by atoms with Gasteiger partial charge in [0.15, 0.2) is 11.7 Å². The van der Waals surface area contributed by atoms with Crippen molar-refractivity contribution in [3.8, 4) is 5.75 Å². The average molecular weight is 479 g/mol. The quantitative estimate of drug-likeness (QED) is 0.389. The summed E-state index contributed by atoms with van der Waals surface area (Å²) in [4.78, 5) is 36.9. The molecule has 2 amide bonds. The zero-order valence-corrected chi connectivity index (χ0v) is 16.9. The number of aliphatic carboxylic acids is 1. The van der Waals surface area contributed by atoms with Gasteiger partial charge in [-0.1, -0.05) is 6.07 Å². The molecule has 0 aromatic heterocycles. The molecule has 0 atom stereocenters. The summed E-state index contributed by atoms with van der Waals surface area (Å²) in [5.41, 5.74) is 0.629. The Morgan fingerprint density at radius 3 is 2.55 bits per heavy atom. The predicted octanol–water partition coefficient (Wildman–Crippen LogP) is 2.88. The second-order valence-corrected chi connectivity index (χ2v) is 7.05. The Morgan fingerprint density at radius 1 is 1.24 bits per heavy atom. The molecule has 1 aliphatic heterocycles. The van der Waals surface area contributed by atoms with Gasteiger partial charge < -0.3 is 9.84 Å². The molecule has 29 heavy (non-hydrogen) atoms. The second-order valence-electron chi connectivity index (χ2n) is 5.81. The molecular formula is C19H12BrFN2O5S. The molecule has 2 N–H and O–H groups in total. The highest BCUT2D eigenvalue weighted by atomic mass is 79.9. The van der Waals surface area contributed by atoms with Crippen molar-refractivity contribution in [3.05, 3.63) is 63.9 Å². The third-order valence-corrected chi connectivity index (χ3v) is 4.71. The van der Waals surface area contributed by atoms with Crippen LogP contribution in [0.25, 0.3) is 6.08 Å². The number of carboxylic acids is 1. The standard InChI is InChI=1S/C19H12BrFN2O5S/c20-14-8-10(1-6-15(14)28-9-16(24)25)7-13-17(26)22-19(29)23(18(13)27)12-4-2-11(21)3-5-12/h1-8H,9H2,(H,24,25)(H,22,26,29). The molecule has 3 rings (SSSR count). The smallest absolute Gasteiger partial charge is 0.341 e. The third-order valence-electron chi connectivity index (χ3n) is 3.80. The highest BCUT2D eigenvalue weighted by molar-refractivity contribution is 9.10. The highest BCUT2D eigenvalue weighted by Gasteiger charge is 2.34. The van der Waals surface area contributed by atoms with E-state index in [1.165, 1.54) is 36.4 Å². The van der Waals surface area contributed by atoms with E-state index in [-0.39, 0.29) is 10.7 Å². The number of carboxylic acid groups (broad SMARTS) is 1. The van der Waals surface area contributed by atoms with Gasteiger partial charge in [0.05, 0.1) is 10.2 Å². The maximum atomic E-state index is 13.2. The van der Waals surface area contributed by atoms with Crippen LogP contribution < -0.4 is 15.0 Å². The largest absolute Gasteiger partial charge is 0.481 e. The number of carbonyl (C=O) groups is 3. The van der Waals surface area contributed by atoms with Gasteiger partial charge in [-0.3, -0.25) is 19.8 Å². The summed E-state index contributed by atoms with van der Waals surface area (Å²) < 4.78 is 18.7. The Labute approximate surface area is 177 Å². The molecule has 2 aromatic rings. The molecule has 0 radical (unpaired) electrons. The van der Waals surface area contributed by atoms with Gasteiger partial charge in [0, 0.05) is 0 Å². The normalized spacial score (nSPS) is 15.4. The molecule has 1 aliphatic rings. The minimum atomic E-state index is -1.12. The zero-order valence-electron chi connectivity index (χ0n) is 14.5. The Hall–Kier alpha value is -3.11. The van der Waals surface area contributed by atoms with Crippen molar-refractivity contribution in [3.63, 3.8) is 0 Å². The molecule has 0 saturated carbocycles. The number of hydrogen-bond donors (Lipinski definition) is 2.